The lowest BCUT2D eigenvalue weighted by Crippen LogP contribution is -2.60. The van der Waals surface area contributed by atoms with E-state index < -0.39 is 37.3 Å². The summed E-state index contributed by atoms with van der Waals surface area (Å²) in [5, 5.41) is 29.2. The van der Waals surface area contributed by atoms with Crippen molar-refractivity contribution in [2.75, 3.05) is 19.8 Å². The van der Waals surface area contributed by atoms with E-state index in [2.05, 4.69) is 5.32 Å². The Bertz CT molecular complexity index is 186. The van der Waals surface area contributed by atoms with Crippen molar-refractivity contribution in [3.8, 4) is 0 Å². The maximum atomic E-state index is 11.5. The zero-order valence-corrected chi connectivity index (χ0v) is 8.94. The second kappa shape index (κ2) is 6.73. The van der Waals surface area contributed by atoms with Gasteiger partial charge in [0, 0.05) is 0 Å². The minimum atomic E-state index is -1.39. The summed E-state index contributed by atoms with van der Waals surface area (Å²) in [6.45, 7) is 0.282. The Morgan fingerprint density at radius 1 is 1.33 bits per heavy atom. The zero-order chi connectivity index (χ0) is 11.9. The molecule has 1 amide bonds. The maximum Gasteiger partial charge on any atom is 0.237 e. The molecule has 0 rings (SSSR count). The molecule has 6 heteroatoms. The molecule has 0 heterocycles. The lowest BCUT2D eigenvalue weighted by atomic mass is 10.0. The number of rotatable bonds is 7. The number of hydrogen-bond acceptors (Lipinski definition) is 5. The Morgan fingerprint density at radius 3 is 2.13 bits per heavy atom. The van der Waals surface area contributed by atoms with E-state index in [4.69, 9.17) is 21.1 Å². The monoisotopic (exact) mass is 220 g/mol. The largest absolute Gasteiger partial charge is 0.394 e. The van der Waals surface area contributed by atoms with Gasteiger partial charge in [-0.3, -0.25) is 4.79 Å². The number of nitrogens with two attached hydrogens (primary N) is 1. The predicted molar refractivity (Wildman–Crippen MR) is 55.0 cm³/mol. The zero-order valence-electron chi connectivity index (χ0n) is 8.94. The van der Waals surface area contributed by atoms with Crippen molar-refractivity contribution in [1.82, 2.24) is 5.32 Å². The SMILES string of the molecule is CCC[C@@H](N)C(=O)NC(CO)(CO)CO. The third-order valence-corrected chi connectivity index (χ3v) is 2.23. The molecule has 0 unspecified atom stereocenters. The lowest BCUT2D eigenvalue weighted by molar-refractivity contribution is -0.126. The Morgan fingerprint density at radius 2 is 1.80 bits per heavy atom. The average molecular weight is 220 g/mol. The van der Waals surface area contributed by atoms with E-state index >= 15 is 0 Å². The molecule has 6 N–H and O–H groups in total. The van der Waals surface area contributed by atoms with Gasteiger partial charge in [0.25, 0.3) is 0 Å². The van der Waals surface area contributed by atoms with Gasteiger partial charge in [0.05, 0.1) is 25.9 Å². The summed E-state index contributed by atoms with van der Waals surface area (Å²) in [6.07, 6.45) is 1.28. The number of aliphatic hydroxyl groups excluding tert-OH is 3. The van der Waals surface area contributed by atoms with Gasteiger partial charge < -0.3 is 26.4 Å². The van der Waals surface area contributed by atoms with Crippen LogP contribution < -0.4 is 11.1 Å². The fourth-order valence-electron chi connectivity index (χ4n) is 1.06. The van der Waals surface area contributed by atoms with Crippen molar-refractivity contribution in [3.63, 3.8) is 0 Å². The van der Waals surface area contributed by atoms with Crippen LogP contribution in [0.5, 0.6) is 0 Å². The van der Waals surface area contributed by atoms with Gasteiger partial charge in [0.15, 0.2) is 0 Å². The number of nitrogens with one attached hydrogen (secondary N) is 1. The van der Waals surface area contributed by atoms with Crippen LogP contribution in [0.25, 0.3) is 0 Å². The van der Waals surface area contributed by atoms with Gasteiger partial charge in [-0.15, -0.1) is 0 Å². The molecule has 0 saturated heterocycles. The van der Waals surface area contributed by atoms with Crippen molar-refractivity contribution in [3.05, 3.63) is 0 Å². The summed E-state index contributed by atoms with van der Waals surface area (Å²) < 4.78 is 0. The molecule has 90 valence electrons. The van der Waals surface area contributed by atoms with E-state index in [0.717, 1.165) is 6.42 Å². The molecular formula is C9H20N2O4. The van der Waals surface area contributed by atoms with Gasteiger partial charge in [0.1, 0.15) is 5.54 Å². The lowest BCUT2D eigenvalue weighted by Gasteiger charge is -2.29. The van der Waals surface area contributed by atoms with Crippen LogP contribution in [0.15, 0.2) is 0 Å². The molecular weight excluding hydrogens is 200 g/mol. The predicted octanol–water partition coefficient (Wildman–Crippen LogP) is -2.05. The quantitative estimate of drug-likeness (QED) is 0.338. The number of amides is 1. The normalized spacial score (nSPS) is 13.7. The smallest absolute Gasteiger partial charge is 0.237 e. The molecule has 0 spiro atoms. The fourth-order valence-corrected chi connectivity index (χ4v) is 1.06. The molecule has 0 aliphatic rings. The maximum absolute atomic E-state index is 11.5. The third-order valence-electron chi connectivity index (χ3n) is 2.23. The van der Waals surface area contributed by atoms with Crippen LogP contribution in [-0.4, -0.2) is 52.6 Å². The van der Waals surface area contributed by atoms with Crippen LogP contribution in [-0.2, 0) is 4.79 Å². The highest BCUT2D eigenvalue weighted by Crippen LogP contribution is 2.03. The molecule has 15 heavy (non-hydrogen) atoms. The van der Waals surface area contributed by atoms with Gasteiger partial charge in [-0.05, 0) is 6.42 Å². The van der Waals surface area contributed by atoms with Gasteiger partial charge in [0.2, 0.25) is 5.91 Å². The molecule has 6 nitrogen and oxygen atoms in total. The molecule has 0 aromatic heterocycles. The minimum Gasteiger partial charge on any atom is -0.394 e. The second-order valence-corrected chi connectivity index (χ2v) is 3.64. The number of aliphatic hydroxyl groups is 3. The van der Waals surface area contributed by atoms with Gasteiger partial charge in [-0.1, -0.05) is 13.3 Å². The highest BCUT2D eigenvalue weighted by Gasteiger charge is 2.31. The molecule has 0 bridgehead atoms. The second-order valence-electron chi connectivity index (χ2n) is 3.64. The Balaban J connectivity index is 4.34. The highest BCUT2D eigenvalue weighted by atomic mass is 16.3. The molecule has 0 aliphatic heterocycles. The van der Waals surface area contributed by atoms with Crippen molar-refractivity contribution in [2.45, 2.75) is 31.3 Å². The van der Waals surface area contributed by atoms with Crippen LogP contribution in [0.3, 0.4) is 0 Å². The first-order chi connectivity index (χ1) is 7.05. The molecule has 0 fully saturated rings. The van der Waals surface area contributed by atoms with Gasteiger partial charge >= 0.3 is 0 Å². The van der Waals surface area contributed by atoms with Crippen LogP contribution in [0.4, 0.5) is 0 Å². The van der Waals surface area contributed by atoms with Crippen molar-refractivity contribution < 1.29 is 20.1 Å². The summed E-state index contributed by atoms with van der Waals surface area (Å²) >= 11 is 0. The van der Waals surface area contributed by atoms with E-state index in [1.54, 1.807) is 0 Å². The van der Waals surface area contributed by atoms with Crippen LogP contribution in [0.2, 0.25) is 0 Å². The van der Waals surface area contributed by atoms with Crippen LogP contribution in [0.1, 0.15) is 19.8 Å². The van der Waals surface area contributed by atoms with Crippen molar-refractivity contribution in [2.24, 2.45) is 5.73 Å². The molecule has 1 atom stereocenters. The topological polar surface area (TPSA) is 116 Å². The molecule has 0 radical (unpaired) electrons. The third kappa shape index (κ3) is 4.13. The van der Waals surface area contributed by atoms with E-state index in [1.165, 1.54) is 0 Å². The first kappa shape index (κ1) is 14.3. The van der Waals surface area contributed by atoms with Crippen LogP contribution >= 0.6 is 0 Å². The number of hydrogen-bond donors (Lipinski definition) is 5. The van der Waals surface area contributed by atoms with Crippen molar-refractivity contribution in [1.29, 1.82) is 0 Å². The molecule has 0 saturated carbocycles. The van der Waals surface area contributed by atoms with E-state index in [-0.39, 0.29) is 0 Å². The Labute approximate surface area is 89.1 Å². The highest BCUT2D eigenvalue weighted by molar-refractivity contribution is 5.82. The first-order valence-electron chi connectivity index (χ1n) is 4.95. The average Bonchev–Trinajstić information content (AvgIpc) is 2.26. The van der Waals surface area contributed by atoms with E-state index in [1.807, 2.05) is 6.92 Å². The summed E-state index contributed by atoms with van der Waals surface area (Å²) in [7, 11) is 0. The summed E-state index contributed by atoms with van der Waals surface area (Å²) in [5.74, 6) is -0.478. The number of carbonyl (C=O) groups excluding carboxylic acids is 1. The van der Waals surface area contributed by atoms with E-state index in [9.17, 15) is 4.79 Å². The van der Waals surface area contributed by atoms with Gasteiger partial charge in [-0.2, -0.15) is 0 Å². The standard InChI is InChI=1S/C9H20N2O4/c1-2-3-7(10)8(15)11-9(4-12,5-13)6-14/h7,12-14H,2-6,10H2,1H3,(H,11,15)/t7-/m1/s1. The molecule has 0 aliphatic carbocycles. The minimum absolute atomic E-state index is 0.478. The van der Waals surface area contributed by atoms with E-state index in [0.29, 0.717) is 6.42 Å². The summed E-state index contributed by atoms with van der Waals surface area (Å²) in [6, 6.07) is -0.681. The molecule has 0 aromatic carbocycles. The van der Waals surface area contributed by atoms with Crippen molar-refractivity contribution >= 4 is 5.91 Å². The summed E-state index contributed by atoms with van der Waals surface area (Å²) in [4.78, 5) is 11.5. The first-order valence-corrected chi connectivity index (χ1v) is 4.95. The molecule has 0 aromatic rings. The Hall–Kier alpha value is -0.690. The number of carbonyl (C=O) groups is 1. The summed E-state index contributed by atoms with van der Waals surface area (Å²) in [5.41, 5.74) is 4.16. The fraction of sp³-hybridized carbons (Fsp3) is 0.889. The van der Waals surface area contributed by atoms with Crippen LogP contribution in [0, 0.1) is 0 Å². The van der Waals surface area contributed by atoms with Gasteiger partial charge in [-0.25, -0.2) is 0 Å². The Kier molecular flexibility index (Phi) is 6.42.